The molecule has 7 nitrogen and oxygen atoms in total. The summed E-state index contributed by atoms with van der Waals surface area (Å²) in [6.45, 7) is 4.29. The van der Waals surface area contributed by atoms with Crippen LogP contribution in [0.4, 0.5) is 11.4 Å². The molecule has 1 amide bonds. The Hall–Kier alpha value is -2.42. The van der Waals surface area contributed by atoms with Crippen molar-refractivity contribution < 1.29 is 17.9 Å². The van der Waals surface area contributed by atoms with Crippen LogP contribution < -0.4 is 10.2 Å². The van der Waals surface area contributed by atoms with Crippen molar-refractivity contribution >= 4 is 27.3 Å². The number of benzene rings is 2. The van der Waals surface area contributed by atoms with E-state index in [2.05, 4.69) is 10.2 Å². The van der Waals surface area contributed by atoms with Gasteiger partial charge in [0.2, 0.25) is 10.0 Å². The first-order valence-corrected chi connectivity index (χ1v) is 11.3. The van der Waals surface area contributed by atoms with Crippen LogP contribution in [0.1, 0.15) is 23.2 Å². The average molecular weight is 416 g/mol. The van der Waals surface area contributed by atoms with E-state index in [1.807, 2.05) is 24.3 Å². The minimum atomic E-state index is -3.47. The van der Waals surface area contributed by atoms with Crippen LogP contribution in [0.2, 0.25) is 0 Å². The van der Waals surface area contributed by atoms with Crippen molar-refractivity contribution in [1.82, 2.24) is 4.31 Å². The van der Waals surface area contributed by atoms with E-state index in [0.717, 1.165) is 44.8 Å². The summed E-state index contributed by atoms with van der Waals surface area (Å²) in [7, 11) is -3.47. The van der Waals surface area contributed by atoms with Crippen molar-refractivity contribution in [3.63, 3.8) is 0 Å². The molecule has 0 unspecified atom stereocenters. The molecule has 2 heterocycles. The minimum Gasteiger partial charge on any atom is -0.378 e. The molecule has 29 heavy (non-hydrogen) atoms. The predicted octanol–water partition coefficient (Wildman–Crippen LogP) is 2.56. The maximum absolute atomic E-state index is 12.6. The molecule has 154 valence electrons. The normalized spacial score (nSPS) is 18.0. The largest absolute Gasteiger partial charge is 0.378 e. The minimum absolute atomic E-state index is 0.228. The molecule has 2 aliphatic heterocycles. The monoisotopic (exact) mass is 415 g/mol. The van der Waals surface area contributed by atoms with Gasteiger partial charge in [-0.25, -0.2) is 8.42 Å². The van der Waals surface area contributed by atoms with E-state index in [0.29, 0.717) is 24.3 Å². The molecule has 1 N–H and O–H groups in total. The van der Waals surface area contributed by atoms with Crippen LogP contribution >= 0.6 is 0 Å². The van der Waals surface area contributed by atoms with Gasteiger partial charge in [0.25, 0.3) is 5.91 Å². The summed E-state index contributed by atoms with van der Waals surface area (Å²) < 4.78 is 32.0. The molecule has 0 bridgehead atoms. The molecule has 0 aliphatic carbocycles. The lowest BCUT2D eigenvalue weighted by Gasteiger charge is -2.28. The summed E-state index contributed by atoms with van der Waals surface area (Å²) in [6, 6.07) is 13.8. The van der Waals surface area contributed by atoms with Crippen LogP contribution in [0.15, 0.2) is 53.4 Å². The fourth-order valence-electron chi connectivity index (χ4n) is 3.64. The van der Waals surface area contributed by atoms with E-state index in [9.17, 15) is 13.2 Å². The third-order valence-electron chi connectivity index (χ3n) is 5.32. The van der Waals surface area contributed by atoms with E-state index >= 15 is 0 Å². The molecular formula is C21H25N3O4S. The van der Waals surface area contributed by atoms with Crippen molar-refractivity contribution in [2.75, 3.05) is 49.6 Å². The van der Waals surface area contributed by atoms with Crippen LogP contribution in [0.3, 0.4) is 0 Å². The number of carbonyl (C=O) groups is 1. The molecule has 4 rings (SSSR count). The Morgan fingerprint density at radius 1 is 0.862 bits per heavy atom. The third-order valence-corrected chi connectivity index (χ3v) is 7.23. The van der Waals surface area contributed by atoms with Gasteiger partial charge >= 0.3 is 0 Å². The number of anilines is 2. The molecule has 2 aliphatic rings. The number of nitrogens with zero attached hydrogens (tertiary/aromatic N) is 2. The lowest BCUT2D eigenvalue weighted by atomic mass is 10.2. The van der Waals surface area contributed by atoms with Crippen molar-refractivity contribution in [3.8, 4) is 0 Å². The number of carbonyl (C=O) groups excluding carboxylic acids is 1. The highest BCUT2D eigenvalue weighted by molar-refractivity contribution is 7.89. The van der Waals surface area contributed by atoms with E-state index in [4.69, 9.17) is 4.74 Å². The van der Waals surface area contributed by atoms with Crippen molar-refractivity contribution in [1.29, 1.82) is 0 Å². The zero-order chi connectivity index (χ0) is 20.3. The molecule has 2 aromatic carbocycles. The van der Waals surface area contributed by atoms with Crippen LogP contribution in [0.5, 0.6) is 0 Å². The first-order chi connectivity index (χ1) is 14.0. The van der Waals surface area contributed by atoms with Gasteiger partial charge in [0.15, 0.2) is 0 Å². The Kier molecular flexibility index (Phi) is 5.84. The second kappa shape index (κ2) is 8.52. The lowest BCUT2D eigenvalue weighted by Crippen LogP contribution is -2.36. The van der Waals surface area contributed by atoms with Crippen LogP contribution in [0, 0.1) is 0 Å². The maximum Gasteiger partial charge on any atom is 0.255 e. The van der Waals surface area contributed by atoms with Gasteiger partial charge in [-0.05, 0) is 61.4 Å². The van der Waals surface area contributed by atoms with E-state index < -0.39 is 10.0 Å². The number of morpholine rings is 1. The Morgan fingerprint density at radius 3 is 2.10 bits per heavy atom. The number of ether oxygens (including phenoxy) is 1. The lowest BCUT2D eigenvalue weighted by molar-refractivity contribution is 0.102. The van der Waals surface area contributed by atoms with E-state index in [1.54, 1.807) is 12.1 Å². The van der Waals surface area contributed by atoms with Crippen LogP contribution in [-0.4, -0.2) is 58.0 Å². The SMILES string of the molecule is O=C(Nc1ccc(N2CCOCC2)cc1)c1ccc(S(=O)(=O)N2CCCC2)cc1. The molecule has 2 aromatic rings. The van der Waals surface area contributed by atoms with E-state index in [-0.39, 0.29) is 10.8 Å². The number of sulfonamides is 1. The molecule has 2 fully saturated rings. The van der Waals surface area contributed by atoms with Crippen molar-refractivity contribution in [3.05, 3.63) is 54.1 Å². The fraction of sp³-hybridized carbons (Fsp3) is 0.381. The number of nitrogens with one attached hydrogen (secondary N) is 1. The predicted molar refractivity (Wildman–Crippen MR) is 112 cm³/mol. The quantitative estimate of drug-likeness (QED) is 0.812. The zero-order valence-corrected chi connectivity index (χ0v) is 17.0. The van der Waals surface area contributed by atoms with E-state index in [1.165, 1.54) is 16.4 Å². The topological polar surface area (TPSA) is 79.0 Å². The smallest absolute Gasteiger partial charge is 0.255 e. The van der Waals surface area contributed by atoms with Gasteiger partial charge < -0.3 is 15.0 Å². The molecule has 0 aromatic heterocycles. The number of amides is 1. The van der Waals surface area contributed by atoms with Gasteiger partial charge in [-0.15, -0.1) is 0 Å². The maximum atomic E-state index is 12.6. The summed E-state index contributed by atoms with van der Waals surface area (Å²) in [5, 5.41) is 2.86. The Morgan fingerprint density at radius 2 is 1.48 bits per heavy atom. The Balaban J connectivity index is 1.40. The fourth-order valence-corrected chi connectivity index (χ4v) is 5.15. The van der Waals surface area contributed by atoms with Crippen LogP contribution in [-0.2, 0) is 14.8 Å². The molecule has 0 spiro atoms. The molecule has 0 saturated carbocycles. The number of hydrogen-bond acceptors (Lipinski definition) is 5. The molecule has 0 radical (unpaired) electrons. The Bertz CT molecular complexity index is 946. The standard InChI is InChI=1S/C21H25N3O4S/c25-21(22-18-5-7-19(8-6-18)23-13-15-28-16-14-23)17-3-9-20(10-4-17)29(26,27)24-11-1-2-12-24/h3-10H,1-2,11-16H2,(H,22,25). The van der Waals surface area contributed by atoms with Gasteiger partial charge in [-0.2, -0.15) is 4.31 Å². The number of hydrogen-bond donors (Lipinski definition) is 1. The van der Waals surface area contributed by atoms with Gasteiger partial charge in [0.1, 0.15) is 0 Å². The number of rotatable bonds is 5. The second-order valence-corrected chi connectivity index (χ2v) is 9.17. The third kappa shape index (κ3) is 4.44. The highest BCUT2D eigenvalue weighted by atomic mass is 32.2. The molecular weight excluding hydrogens is 390 g/mol. The summed E-state index contributed by atoms with van der Waals surface area (Å²) in [6.07, 6.45) is 1.79. The van der Waals surface area contributed by atoms with Crippen LogP contribution in [0.25, 0.3) is 0 Å². The summed E-state index contributed by atoms with van der Waals surface area (Å²) in [5.74, 6) is -0.269. The Labute approximate surface area is 171 Å². The van der Waals surface area contributed by atoms with Gasteiger partial charge in [-0.1, -0.05) is 0 Å². The summed E-state index contributed by atoms with van der Waals surface area (Å²) >= 11 is 0. The average Bonchev–Trinajstić information content (AvgIpc) is 3.31. The molecule has 2 saturated heterocycles. The summed E-state index contributed by atoms with van der Waals surface area (Å²) in [4.78, 5) is 15.0. The van der Waals surface area contributed by atoms with Gasteiger partial charge in [0.05, 0.1) is 18.1 Å². The molecule has 0 atom stereocenters. The zero-order valence-electron chi connectivity index (χ0n) is 16.2. The van der Waals surface area contributed by atoms with Gasteiger partial charge in [0, 0.05) is 43.1 Å². The molecule has 8 heteroatoms. The van der Waals surface area contributed by atoms with Crippen molar-refractivity contribution in [2.24, 2.45) is 0 Å². The van der Waals surface area contributed by atoms with Crippen molar-refractivity contribution in [2.45, 2.75) is 17.7 Å². The first kappa shape index (κ1) is 19.9. The highest BCUT2D eigenvalue weighted by Gasteiger charge is 2.27. The van der Waals surface area contributed by atoms with Gasteiger partial charge in [-0.3, -0.25) is 4.79 Å². The summed E-state index contributed by atoms with van der Waals surface area (Å²) in [5.41, 5.74) is 2.21. The second-order valence-electron chi connectivity index (χ2n) is 7.24. The first-order valence-electron chi connectivity index (χ1n) is 9.88. The highest BCUT2D eigenvalue weighted by Crippen LogP contribution is 2.22.